The topological polar surface area (TPSA) is 79.4 Å². The first-order valence-electron chi connectivity index (χ1n) is 12.5. The van der Waals surface area contributed by atoms with E-state index in [-0.39, 0.29) is 10.8 Å². The molecule has 4 aromatic rings. The molecule has 0 radical (unpaired) electrons. The zero-order valence-electron chi connectivity index (χ0n) is 20.8. The molecule has 8 heteroatoms. The summed E-state index contributed by atoms with van der Waals surface area (Å²) in [6.45, 7) is 0.347. The molecule has 0 spiro atoms. The average molecular weight is 530 g/mol. The fourth-order valence-electron chi connectivity index (χ4n) is 4.80. The van der Waals surface area contributed by atoms with Crippen molar-refractivity contribution in [2.45, 2.75) is 43.2 Å². The smallest absolute Gasteiger partial charge is 0.241 e. The van der Waals surface area contributed by atoms with Gasteiger partial charge in [0.1, 0.15) is 5.82 Å². The summed E-state index contributed by atoms with van der Waals surface area (Å²) in [4.78, 5) is 19.3. The fourth-order valence-corrected chi connectivity index (χ4v) is 6.08. The van der Waals surface area contributed by atoms with E-state index in [4.69, 9.17) is 0 Å². The summed E-state index contributed by atoms with van der Waals surface area (Å²) in [7, 11) is -3.92. The SMILES string of the molecule is O=C(CCc1ccccc1)N(Cc1cccnc1)c1ccc2c(c1)C(NS(=O)(=O)c1cccc(F)c1)CC2. The number of halogens is 1. The number of anilines is 1. The van der Waals surface area contributed by atoms with Crippen molar-refractivity contribution in [2.75, 3.05) is 4.90 Å². The number of nitrogens with zero attached hydrogens (tertiary/aromatic N) is 2. The van der Waals surface area contributed by atoms with Crippen LogP contribution in [0.1, 0.15) is 41.1 Å². The minimum Gasteiger partial charge on any atom is -0.308 e. The van der Waals surface area contributed by atoms with Crippen LogP contribution in [0.2, 0.25) is 0 Å². The molecule has 1 unspecified atom stereocenters. The van der Waals surface area contributed by atoms with E-state index in [1.807, 2.05) is 60.7 Å². The van der Waals surface area contributed by atoms with Gasteiger partial charge in [0, 0.05) is 30.5 Å². The van der Waals surface area contributed by atoms with Crippen molar-refractivity contribution in [2.24, 2.45) is 0 Å². The van der Waals surface area contributed by atoms with Gasteiger partial charge in [0.2, 0.25) is 15.9 Å². The van der Waals surface area contributed by atoms with Gasteiger partial charge in [0.05, 0.1) is 11.4 Å². The number of pyridine rings is 1. The second-order valence-corrected chi connectivity index (χ2v) is 11.1. The summed E-state index contributed by atoms with van der Waals surface area (Å²) < 4.78 is 42.4. The van der Waals surface area contributed by atoms with Crippen molar-refractivity contribution in [3.63, 3.8) is 0 Å². The lowest BCUT2D eigenvalue weighted by molar-refractivity contribution is -0.118. The molecule has 1 atom stereocenters. The lowest BCUT2D eigenvalue weighted by Crippen LogP contribution is -2.31. The van der Waals surface area contributed by atoms with Crippen LogP contribution < -0.4 is 9.62 Å². The predicted octanol–water partition coefficient (Wildman–Crippen LogP) is 5.35. The van der Waals surface area contributed by atoms with Gasteiger partial charge in [0.25, 0.3) is 0 Å². The minimum atomic E-state index is -3.92. The highest BCUT2D eigenvalue weighted by molar-refractivity contribution is 7.89. The van der Waals surface area contributed by atoms with Gasteiger partial charge in [-0.2, -0.15) is 0 Å². The number of hydrogen-bond acceptors (Lipinski definition) is 4. The van der Waals surface area contributed by atoms with Gasteiger partial charge >= 0.3 is 0 Å². The third kappa shape index (κ3) is 5.98. The second kappa shape index (κ2) is 11.2. The maximum atomic E-state index is 13.7. The van der Waals surface area contributed by atoms with Crippen molar-refractivity contribution < 1.29 is 17.6 Å². The average Bonchev–Trinajstić information content (AvgIpc) is 3.32. The molecule has 1 N–H and O–H groups in total. The molecule has 1 aliphatic carbocycles. The van der Waals surface area contributed by atoms with Crippen LogP contribution in [0.25, 0.3) is 0 Å². The van der Waals surface area contributed by atoms with Crippen LogP contribution in [-0.2, 0) is 34.2 Å². The molecule has 6 nitrogen and oxygen atoms in total. The van der Waals surface area contributed by atoms with E-state index in [0.717, 1.165) is 28.3 Å². The first kappa shape index (κ1) is 25.8. The molecule has 38 heavy (non-hydrogen) atoms. The van der Waals surface area contributed by atoms with Crippen LogP contribution >= 0.6 is 0 Å². The third-order valence-corrected chi connectivity index (χ3v) is 8.23. The van der Waals surface area contributed by atoms with Gasteiger partial charge in [-0.25, -0.2) is 17.5 Å². The standard InChI is InChI=1S/C30H28FN3O3S/c31-25-9-4-10-27(18-25)38(36,37)33-29-15-13-24-12-14-26(19-28(24)29)34(21-23-8-5-17-32-20-23)30(35)16-11-22-6-2-1-3-7-22/h1-10,12,14,17-20,29,33H,11,13,15-16,21H2. The monoisotopic (exact) mass is 529 g/mol. The Kier molecular flexibility index (Phi) is 7.62. The van der Waals surface area contributed by atoms with Crippen LogP contribution in [0, 0.1) is 5.82 Å². The number of carbonyl (C=O) groups is 1. The van der Waals surface area contributed by atoms with Crippen molar-refractivity contribution in [3.8, 4) is 0 Å². The zero-order valence-corrected chi connectivity index (χ0v) is 21.6. The Labute approximate surface area is 222 Å². The normalized spacial score (nSPS) is 14.7. The lowest BCUT2D eigenvalue weighted by Gasteiger charge is -2.25. The molecular weight excluding hydrogens is 501 g/mol. The first-order valence-corrected chi connectivity index (χ1v) is 14.0. The summed E-state index contributed by atoms with van der Waals surface area (Å²) in [5.74, 6) is -0.644. The quantitative estimate of drug-likeness (QED) is 0.317. The molecule has 0 bridgehead atoms. The summed E-state index contributed by atoms with van der Waals surface area (Å²) in [6.07, 6.45) is 5.66. The van der Waals surface area contributed by atoms with Crippen LogP contribution in [0.3, 0.4) is 0 Å². The summed E-state index contributed by atoms with van der Waals surface area (Å²) in [5, 5.41) is 0. The van der Waals surface area contributed by atoms with Crippen molar-refractivity contribution in [3.05, 3.63) is 125 Å². The molecule has 1 aliphatic rings. The third-order valence-electron chi connectivity index (χ3n) is 6.76. The Hall–Kier alpha value is -3.88. The number of fused-ring (bicyclic) bond motifs is 1. The molecule has 0 saturated carbocycles. The van der Waals surface area contributed by atoms with Crippen LogP contribution in [0.5, 0.6) is 0 Å². The van der Waals surface area contributed by atoms with Gasteiger partial charge < -0.3 is 4.90 Å². The second-order valence-electron chi connectivity index (χ2n) is 9.38. The number of aryl methyl sites for hydroxylation is 2. The summed E-state index contributed by atoms with van der Waals surface area (Å²) in [6, 6.07) is 23.9. The molecule has 0 saturated heterocycles. The Bertz CT molecular complexity index is 1530. The number of amides is 1. The highest BCUT2D eigenvalue weighted by atomic mass is 32.2. The van der Waals surface area contributed by atoms with Gasteiger partial charge in [-0.1, -0.05) is 48.5 Å². The molecule has 1 heterocycles. The van der Waals surface area contributed by atoms with Gasteiger partial charge in [-0.05, 0) is 77.9 Å². The van der Waals surface area contributed by atoms with E-state index in [1.165, 1.54) is 18.2 Å². The van der Waals surface area contributed by atoms with E-state index in [0.29, 0.717) is 37.9 Å². The first-order chi connectivity index (χ1) is 18.4. The molecule has 1 amide bonds. The number of carbonyl (C=O) groups excluding carboxylic acids is 1. The highest BCUT2D eigenvalue weighted by Crippen LogP contribution is 2.36. The predicted molar refractivity (Wildman–Crippen MR) is 144 cm³/mol. The Morgan fingerprint density at radius 3 is 2.55 bits per heavy atom. The highest BCUT2D eigenvalue weighted by Gasteiger charge is 2.29. The lowest BCUT2D eigenvalue weighted by atomic mass is 10.1. The largest absolute Gasteiger partial charge is 0.308 e. The van der Waals surface area contributed by atoms with E-state index >= 15 is 0 Å². The van der Waals surface area contributed by atoms with E-state index in [2.05, 4.69) is 9.71 Å². The number of hydrogen-bond donors (Lipinski definition) is 1. The zero-order chi connectivity index (χ0) is 26.5. The fraction of sp³-hybridized carbons (Fsp3) is 0.200. The maximum absolute atomic E-state index is 13.7. The summed E-state index contributed by atoms with van der Waals surface area (Å²) in [5.41, 5.74) is 4.53. The Morgan fingerprint density at radius 1 is 0.974 bits per heavy atom. The number of benzene rings is 3. The number of sulfonamides is 1. The van der Waals surface area contributed by atoms with E-state index in [9.17, 15) is 17.6 Å². The van der Waals surface area contributed by atoms with Gasteiger partial charge in [-0.15, -0.1) is 0 Å². The molecule has 0 fully saturated rings. The van der Waals surface area contributed by atoms with E-state index < -0.39 is 21.9 Å². The minimum absolute atomic E-state index is 0.0347. The summed E-state index contributed by atoms with van der Waals surface area (Å²) >= 11 is 0. The van der Waals surface area contributed by atoms with Crippen molar-refractivity contribution in [1.82, 2.24) is 9.71 Å². The Morgan fingerprint density at radius 2 is 1.79 bits per heavy atom. The molecule has 194 valence electrons. The van der Waals surface area contributed by atoms with E-state index in [1.54, 1.807) is 17.3 Å². The molecule has 0 aliphatic heterocycles. The molecule has 3 aromatic carbocycles. The maximum Gasteiger partial charge on any atom is 0.241 e. The van der Waals surface area contributed by atoms with Gasteiger partial charge in [0.15, 0.2) is 0 Å². The van der Waals surface area contributed by atoms with Gasteiger partial charge in [-0.3, -0.25) is 9.78 Å². The molecular formula is C30H28FN3O3S. The Balaban J connectivity index is 1.41. The molecule has 1 aromatic heterocycles. The van der Waals surface area contributed by atoms with Crippen LogP contribution in [0.15, 0.2) is 102 Å². The number of nitrogens with one attached hydrogen (secondary N) is 1. The van der Waals surface area contributed by atoms with Crippen LogP contribution in [-0.4, -0.2) is 19.3 Å². The number of aromatic nitrogens is 1. The van der Waals surface area contributed by atoms with Crippen LogP contribution in [0.4, 0.5) is 10.1 Å². The molecule has 5 rings (SSSR count). The number of rotatable bonds is 9. The van der Waals surface area contributed by atoms with Crippen molar-refractivity contribution >= 4 is 21.6 Å². The van der Waals surface area contributed by atoms with Crippen molar-refractivity contribution in [1.29, 1.82) is 0 Å².